The largest absolute Gasteiger partial charge is 0.351 e. The van der Waals surface area contributed by atoms with Crippen molar-refractivity contribution in [3.8, 4) is 0 Å². The highest BCUT2D eigenvalue weighted by atomic mass is 79.9. The quantitative estimate of drug-likeness (QED) is 0.876. The van der Waals surface area contributed by atoms with Gasteiger partial charge in [0, 0.05) is 27.9 Å². The lowest BCUT2D eigenvalue weighted by molar-refractivity contribution is -0.121. The summed E-state index contributed by atoms with van der Waals surface area (Å²) in [5.41, 5.74) is 0.0665. The Hall–Kier alpha value is -0.390. The van der Waals surface area contributed by atoms with E-state index < -0.39 is 0 Å². The highest BCUT2D eigenvalue weighted by Gasteiger charge is 2.09. The Bertz CT molecular complexity index is 371. The second kappa shape index (κ2) is 6.52. The minimum atomic E-state index is 0.0665. The van der Waals surface area contributed by atoms with Gasteiger partial charge in [0.2, 0.25) is 5.91 Å². The second-order valence-corrected chi connectivity index (χ2v) is 6.75. The van der Waals surface area contributed by atoms with E-state index in [9.17, 15) is 4.79 Å². The monoisotopic (exact) mass is 318 g/mol. The third-order valence-corrected chi connectivity index (χ3v) is 4.07. The van der Waals surface area contributed by atoms with Crippen molar-refractivity contribution >= 4 is 33.2 Å². The van der Waals surface area contributed by atoms with Gasteiger partial charge in [-0.25, -0.2) is 0 Å². The highest BCUT2D eigenvalue weighted by Crippen LogP contribution is 2.22. The molecule has 0 saturated carbocycles. The Morgan fingerprint density at radius 1 is 1.47 bits per heavy atom. The van der Waals surface area contributed by atoms with E-state index in [0.717, 1.165) is 9.35 Å². The minimum Gasteiger partial charge on any atom is -0.351 e. The first-order chi connectivity index (χ1) is 7.88. The normalized spacial score (nSPS) is 11.5. The summed E-state index contributed by atoms with van der Waals surface area (Å²) in [5.74, 6) is 0.0852. The molecule has 3 nitrogen and oxygen atoms in total. The fourth-order valence-corrected chi connectivity index (χ4v) is 2.70. The van der Waals surface area contributed by atoms with Crippen molar-refractivity contribution in [2.75, 3.05) is 6.54 Å². The van der Waals surface area contributed by atoms with Gasteiger partial charge >= 0.3 is 0 Å². The van der Waals surface area contributed by atoms with Crippen LogP contribution in [0.3, 0.4) is 0 Å². The van der Waals surface area contributed by atoms with E-state index in [2.05, 4.69) is 47.3 Å². The molecule has 0 bridgehead atoms. The maximum Gasteiger partial charge on any atom is 0.221 e. The smallest absolute Gasteiger partial charge is 0.221 e. The molecule has 0 aliphatic heterocycles. The van der Waals surface area contributed by atoms with Gasteiger partial charge in [-0.1, -0.05) is 0 Å². The molecule has 17 heavy (non-hydrogen) atoms. The number of amides is 1. The molecule has 1 aromatic rings. The first kappa shape index (κ1) is 14.7. The summed E-state index contributed by atoms with van der Waals surface area (Å²) in [6.07, 6.45) is 0.514. The lowest BCUT2D eigenvalue weighted by atomic mass is 10.1. The van der Waals surface area contributed by atoms with Crippen LogP contribution >= 0.6 is 27.3 Å². The standard InChI is InChI=1S/C12H19BrN2OS/c1-12(2,3)15-6-4-11(16)14-8-10-9(13)5-7-17-10/h5,7,15H,4,6,8H2,1-3H3,(H,14,16). The van der Waals surface area contributed by atoms with Crippen molar-refractivity contribution in [2.24, 2.45) is 0 Å². The first-order valence-electron chi connectivity index (χ1n) is 5.62. The number of carbonyl (C=O) groups excluding carboxylic acids is 1. The van der Waals surface area contributed by atoms with E-state index in [-0.39, 0.29) is 11.4 Å². The van der Waals surface area contributed by atoms with Gasteiger partial charge in [-0.3, -0.25) is 4.79 Å². The number of halogens is 1. The molecular formula is C12H19BrN2OS. The van der Waals surface area contributed by atoms with Gasteiger partial charge in [0.05, 0.1) is 6.54 Å². The molecule has 0 aliphatic rings. The molecule has 0 unspecified atom stereocenters. The van der Waals surface area contributed by atoms with E-state index in [0.29, 0.717) is 19.5 Å². The summed E-state index contributed by atoms with van der Waals surface area (Å²) in [6.45, 7) is 7.59. The van der Waals surface area contributed by atoms with Crippen LogP contribution in [0.25, 0.3) is 0 Å². The van der Waals surface area contributed by atoms with Crippen molar-refractivity contribution in [2.45, 2.75) is 39.3 Å². The molecule has 1 amide bonds. The second-order valence-electron chi connectivity index (χ2n) is 4.90. The molecular weight excluding hydrogens is 300 g/mol. The van der Waals surface area contributed by atoms with Crippen LogP contribution in [0.4, 0.5) is 0 Å². The van der Waals surface area contributed by atoms with Gasteiger partial charge in [0.1, 0.15) is 0 Å². The van der Waals surface area contributed by atoms with Crippen LogP contribution in [0.1, 0.15) is 32.1 Å². The third kappa shape index (κ3) is 6.19. The van der Waals surface area contributed by atoms with Gasteiger partial charge in [-0.15, -0.1) is 11.3 Å². The molecule has 0 radical (unpaired) electrons. The van der Waals surface area contributed by atoms with Gasteiger partial charge in [-0.2, -0.15) is 0 Å². The van der Waals surface area contributed by atoms with Crippen molar-refractivity contribution in [1.29, 1.82) is 0 Å². The lowest BCUT2D eigenvalue weighted by Gasteiger charge is -2.20. The van der Waals surface area contributed by atoms with Crippen LogP contribution in [0.2, 0.25) is 0 Å². The van der Waals surface area contributed by atoms with Gasteiger partial charge in [0.25, 0.3) is 0 Å². The molecule has 1 aromatic heterocycles. The summed E-state index contributed by atoms with van der Waals surface area (Å²) < 4.78 is 1.07. The van der Waals surface area contributed by atoms with Gasteiger partial charge < -0.3 is 10.6 Å². The van der Waals surface area contributed by atoms with E-state index >= 15 is 0 Å². The topological polar surface area (TPSA) is 41.1 Å². The average molecular weight is 319 g/mol. The number of carbonyl (C=O) groups is 1. The number of hydrogen-bond donors (Lipinski definition) is 2. The van der Waals surface area contributed by atoms with Crippen molar-refractivity contribution in [1.82, 2.24) is 10.6 Å². The van der Waals surface area contributed by atoms with Crippen LogP contribution in [0, 0.1) is 0 Å². The van der Waals surface area contributed by atoms with E-state index in [1.165, 1.54) is 0 Å². The van der Waals surface area contributed by atoms with E-state index in [1.807, 2.05) is 11.4 Å². The maximum absolute atomic E-state index is 11.6. The van der Waals surface area contributed by atoms with Gasteiger partial charge in [0.15, 0.2) is 0 Å². The predicted octanol–water partition coefficient (Wildman–Crippen LogP) is 2.91. The number of rotatable bonds is 5. The minimum absolute atomic E-state index is 0.0665. The number of thiophene rings is 1. The Kier molecular flexibility index (Phi) is 5.62. The Labute approximate surface area is 115 Å². The molecule has 0 fully saturated rings. The molecule has 1 rings (SSSR count). The summed E-state index contributed by atoms with van der Waals surface area (Å²) in [7, 11) is 0. The predicted molar refractivity (Wildman–Crippen MR) is 76.2 cm³/mol. The fraction of sp³-hybridized carbons (Fsp3) is 0.583. The highest BCUT2D eigenvalue weighted by molar-refractivity contribution is 9.10. The number of nitrogens with one attached hydrogen (secondary N) is 2. The van der Waals surface area contributed by atoms with Crippen molar-refractivity contribution in [3.63, 3.8) is 0 Å². The summed E-state index contributed by atoms with van der Waals surface area (Å²) >= 11 is 5.08. The zero-order chi connectivity index (χ0) is 12.9. The van der Waals surface area contributed by atoms with Crippen LogP contribution in [0.5, 0.6) is 0 Å². The van der Waals surface area contributed by atoms with E-state index in [1.54, 1.807) is 11.3 Å². The SMILES string of the molecule is CC(C)(C)NCCC(=O)NCc1sccc1Br. The molecule has 0 aliphatic carbocycles. The zero-order valence-corrected chi connectivity index (χ0v) is 12.9. The average Bonchev–Trinajstić information content (AvgIpc) is 2.59. The number of hydrogen-bond acceptors (Lipinski definition) is 3. The molecule has 0 aromatic carbocycles. The van der Waals surface area contributed by atoms with E-state index in [4.69, 9.17) is 0 Å². The molecule has 0 spiro atoms. The summed E-state index contributed by atoms with van der Waals surface area (Å²) in [4.78, 5) is 12.7. The van der Waals surface area contributed by atoms with Crippen LogP contribution in [-0.2, 0) is 11.3 Å². The van der Waals surface area contributed by atoms with Crippen LogP contribution in [0.15, 0.2) is 15.9 Å². The Morgan fingerprint density at radius 2 is 2.18 bits per heavy atom. The zero-order valence-electron chi connectivity index (χ0n) is 10.5. The molecule has 5 heteroatoms. The Balaban J connectivity index is 2.20. The molecule has 0 atom stereocenters. The molecule has 0 saturated heterocycles. The van der Waals surface area contributed by atoms with Crippen LogP contribution < -0.4 is 10.6 Å². The van der Waals surface area contributed by atoms with Crippen molar-refractivity contribution in [3.05, 3.63) is 20.8 Å². The van der Waals surface area contributed by atoms with Crippen LogP contribution in [-0.4, -0.2) is 18.0 Å². The molecule has 1 heterocycles. The summed E-state index contributed by atoms with van der Waals surface area (Å²) in [5, 5.41) is 8.21. The summed E-state index contributed by atoms with van der Waals surface area (Å²) in [6, 6.07) is 1.99. The third-order valence-electron chi connectivity index (χ3n) is 2.14. The lowest BCUT2D eigenvalue weighted by Crippen LogP contribution is -2.38. The molecule has 96 valence electrons. The van der Waals surface area contributed by atoms with Gasteiger partial charge in [-0.05, 0) is 48.1 Å². The maximum atomic E-state index is 11.6. The Morgan fingerprint density at radius 3 is 2.71 bits per heavy atom. The fourth-order valence-electron chi connectivity index (χ4n) is 1.27. The molecule has 2 N–H and O–H groups in total. The first-order valence-corrected chi connectivity index (χ1v) is 7.29. The van der Waals surface area contributed by atoms with Crippen molar-refractivity contribution < 1.29 is 4.79 Å².